The Bertz CT molecular complexity index is 1330. The molecule has 0 bridgehead atoms. The van der Waals surface area contributed by atoms with Crippen molar-refractivity contribution in [3.63, 3.8) is 0 Å². The lowest BCUT2D eigenvalue weighted by molar-refractivity contribution is 0.315. The van der Waals surface area contributed by atoms with E-state index in [0.717, 1.165) is 24.2 Å². The van der Waals surface area contributed by atoms with Gasteiger partial charge in [-0.15, -0.1) is 0 Å². The summed E-state index contributed by atoms with van der Waals surface area (Å²) in [6, 6.07) is 8.99. The number of nitrogens with zero attached hydrogens (tertiary/aromatic N) is 5. The first-order valence-corrected chi connectivity index (χ1v) is 10.6. The Balaban J connectivity index is 1.41. The summed E-state index contributed by atoms with van der Waals surface area (Å²) in [4.78, 5) is 27.2. The number of pyridine rings is 1. The topological polar surface area (TPSA) is 79.7 Å². The Kier molecular flexibility index (Phi) is 4.81. The van der Waals surface area contributed by atoms with Gasteiger partial charge in [0, 0.05) is 37.0 Å². The van der Waals surface area contributed by atoms with Gasteiger partial charge in [0.2, 0.25) is 0 Å². The van der Waals surface area contributed by atoms with Gasteiger partial charge in [-0.25, -0.2) is 19.0 Å². The average molecular weight is 420 g/mol. The average Bonchev–Trinajstić information content (AvgIpc) is 3.32. The van der Waals surface area contributed by atoms with Crippen molar-refractivity contribution in [3.8, 4) is 0 Å². The Labute approximate surface area is 178 Å². The third-order valence-electron chi connectivity index (χ3n) is 6.12. The molecule has 7 nitrogen and oxygen atoms in total. The van der Waals surface area contributed by atoms with Crippen LogP contribution >= 0.6 is 0 Å². The predicted molar refractivity (Wildman–Crippen MR) is 117 cm³/mol. The van der Waals surface area contributed by atoms with E-state index in [0.29, 0.717) is 34.8 Å². The molecule has 1 saturated heterocycles. The van der Waals surface area contributed by atoms with Crippen LogP contribution in [-0.2, 0) is 6.54 Å². The number of H-pyrrole nitrogens is 1. The smallest absolute Gasteiger partial charge is 0.262 e. The lowest BCUT2D eigenvalue weighted by atomic mass is 9.97. The fraction of sp³-hybridized carbons (Fsp3) is 0.391. The number of halogens is 1. The summed E-state index contributed by atoms with van der Waals surface area (Å²) in [5, 5.41) is 5.65. The molecule has 0 spiro atoms. The van der Waals surface area contributed by atoms with E-state index in [-0.39, 0.29) is 23.3 Å². The Hall–Kier alpha value is -3.13. The molecule has 0 amide bonds. The first-order chi connectivity index (χ1) is 14.9. The van der Waals surface area contributed by atoms with Crippen molar-refractivity contribution in [2.24, 2.45) is 5.92 Å². The first kappa shape index (κ1) is 19.8. The summed E-state index contributed by atoms with van der Waals surface area (Å²) in [7, 11) is 0. The highest BCUT2D eigenvalue weighted by Crippen LogP contribution is 2.31. The van der Waals surface area contributed by atoms with E-state index < -0.39 is 0 Å². The summed E-state index contributed by atoms with van der Waals surface area (Å²) < 4.78 is 15.9. The molecule has 2 atom stereocenters. The molecule has 1 fully saturated rings. The molecule has 2 unspecified atom stereocenters. The Morgan fingerprint density at radius 2 is 2.03 bits per heavy atom. The number of hydrogen-bond acceptors (Lipinski definition) is 5. The number of nitrogens with one attached hydrogen (secondary N) is 1. The minimum absolute atomic E-state index is 0.102. The molecule has 5 rings (SSSR count). The molecule has 31 heavy (non-hydrogen) atoms. The quantitative estimate of drug-likeness (QED) is 0.545. The third-order valence-corrected chi connectivity index (χ3v) is 6.12. The van der Waals surface area contributed by atoms with Gasteiger partial charge in [-0.3, -0.25) is 9.69 Å². The fourth-order valence-corrected chi connectivity index (χ4v) is 4.53. The summed E-state index contributed by atoms with van der Waals surface area (Å²) in [6.45, 7) is 8.45. The molecule has 8 heteroatoms. The molecule has 1 N–H and O–H groups in total. The number of aromatic amines is 1. The maximum absolute atomic E-state index is 14.1. The van der Waals surface area contributed by atoms with Gasteiger partial charge < -0.3 is 4.98 Å². The molecule has 4 heterocycles. The van der Waals surface area contributed by atoms with Crippen molar-refractivity contribution in [2.75, 3.05) is 13.1 Å². The Morgan fingerprint density at radius 3 is 2.84 bits per heavy atom. The molecule has 4 aromatic rings. The van der Waals surface area contributed by atoms with Gasteiger partial charge >= 0.3 is 0 Å². The van der Waals surface area contributed by atoms with Crippen LogP contribution in [0.5, 0.6) is 0 Å². The van der Waals surface area contributed by atoms with Crippen LogP contribution in [0.25, 0.3) is 21.9 Å². The lowest BCUT2D eigenvalue weighted by Crippen LogP contribution is -2.22. The molecule has 0 radical (unpaired) electrons. The van der Waals surface area contributed by atoms with E-state index in [1.807, 2.05) is 32.0 Å². The van der Waals surface area contributed by atoms with E-state index in [9.17, 15) is 9.18 Å². The molecule has 1 aliphatic rings. The van der Waals surface area contributed by atoms with Crippen molar-refractivity contribution in [1.82, 2.24) is 29.6 Å². The lowest BCUT2D eigenvalue weighted by Gasteiger charge is -2.16. The highest BCUT2D eigenvalue weighted by atomic mass is 19.1. The monoisotopic (exact) mass is 420 g/mol. The van der Waals surface area contributed by atoms with Crippen molar-refractivity contribution in [2.45, 2.75) is 39.3 Å². The van der Waals surface area contributed by atoms with Crippen molar-refractivity contribution in [3.05, 3.63) is 64.2 Å². The zero-order valence-electron chi connectivity index (χ0n) is 17.8. The van der Waals surface area contributed by atoms with Crippen LogP contribution in [0.2, 0.25) is 0 Å². The number of para-hydroxylation sites is 1. The Morgan fingerprint density at radius 1 is 1.19 bits per heavy atom. The number of aromatic nitrogens is 5. The van der Waals surface area contributed by atoms with E-state index in [2.05, 4.69) is 26.9 Å². The van der Waals surface area contributed by atoms with Crippen LogP contribution in [-0.4, -0.2) is 42.7 Å². The van der Waals surface area contributed by atoms with Crippen LogP contribution in [0.1, 0.15) is 44.2 Å². The van der Waals surface area contributed by atoms with E-state index >= 15 is 0 Å². The highest BCUT2D eigenvalue weighted by Gasteiger charge is 2.33. The molecular formula is C23H25FN6O. The van der Waals surface area contributed by atoms with Crippen LogP contribution in [0.3, 0.4) is 0 Å². The zero-order valence-corrected chi connectivity index (χ0v) is 17.8. The molecule has 3 aromatic heterocycles. The maximum atomic E-state index is 14.1. The molecule has 1 aromatic carbocycles. The second kappa shape index (κ2) is 7.53. The van der Waals surface area contributed by atoms with E-state index in [1.54, 1.807) is 16.9 Å². The molecule has 0 aliphatic carbocycles. The number of likely N-dealkylation sites (tertiary alicyclic amines) is 1. The van der Waals surface area contributed by atoms with Crippen molar-refractivity contribution in [1.29, 1.82) is 0 Å². The molecule has 0 saturated carbocycles. The highest BCUT2D eigenvalue weighted by molar-refractivity contribution is 5.79. The zero-order chi connectivity index (χ0) is 21.7. The van der Waals surface area contributed by atoms with Crippen LogP contribution in [0, 0.1) is 11.7 Å². The fourth-order valence-electron chi connectivity index (χ4n) is 4.53. The minimum atomic E-state index is -0.302. The number of rotatable bonds is 4. The maximum Gasteiger partial charge on any atom is 0.262 e. The normalized spacial score (nSPS) is 19.8. The van der Waals surface area contributed by atoms with Crippen molar-refractivity contribution >= 4 is 21.9 Å². The third kappa shape index (κ3) is 3.50. The summed E-state index contributed by atoms with van der Waals surface area (Å²) in [5.41, 5.74) is 1.72. The second-order valence-corrected chi connectivity index (χ2v) is 8.76. The molecule has 160 valence electrons. The van der Waals surface area contributed by atoms with Crippen LogP contribution < -0.4 is 5.56 Å². The summed E-state index contributed by atoms with van der Waals surface area (Å²) >= 11 is 0. The van der Waals surface area contributed by atoms with Gasteiger partial charge in [0.1, 0.15) is 22.5 Å². The van der Waals surface area contributed by atoms with Gasteiger partial charge in [-0.2, -0.15) is 5.10 Å². The van der Waals surface area contributed by atoms with Gasteiger partial charge in [-0.05, 0) is 31.9 Å². The van der Waals surface area contributed by atoms with Gasteiger partial charge in [0.05, 0.1) is 11.9 Å². The number of hydrogen-bond donors (Lipinski definition) is 1. The van der Waals surface area contributed by atoms with Crippen LogP contribution in [0.15, 0.2) is 41.3 Å². The molecule has 1 aliphatic heterocycles. The van der Waals surface area contributed by atoms with Crippen molar-refractivity contribution < 1.29 is 4.39 Å². The van der Waals surface area contributed by atoms with Crippen LogP contribution in [0.4, 0.5) is 4.39 Å². The van der Waals surface area contributed by atoms with Gasteiger partial charge in [0.25, 0.3) is 5.56 Å². The molecular weight excluding hydrogens is 395 g/mol. The number of benzene rings is 1. The van der Waals surface area contributed by atoms with E-state index in [4.69, 9.17) is 4.98 Å². The second-order valence-electron chi connectivity index (χ2n) is 8.76. The largest absolute Gasteiger partial charge is 0.310 e. The van der Waals surface area contributed by atoms with Gasteiger partial charge in [0.15, 0.2) is 5.65 Å². The summed E-state index contributed by atoms with van der Waals surface area (Å²) in [5.74, 6) is 0.814. The van der Waals surface area contributed by atoms with E-state index in [1.165, 1.54) is 6.07 Å². The standard InChI is InChI=1S/C23H25FN6O/c1-13(2)30-22-17(9-25-30)23(31)28-21(27-22)18-12-29(10-14(18)3)11-16-8-7-15-5-4-6-19(24)20(15)26-16/h4-9,13-14,18H,10-12H2,1-3H3,(H,27,28,31). The predicted octanol–water partition coefficient (Wildman–Crippen LogP) is 3.62. The van der Waals surface area contributed by atoms with Gasteiger partial charge in [-0.1, -0.05) is 25.1 Å². The minimum Gasteiger partial charge on any atom is -0.310 e. The number of fused-ring (bicyclic) bond motifs is 2. The summed E-state index contributed by atoms with van der Waals surface area (Å²) in [6.07, 6.45) is 1.58. The SMILES string of the molecule is CC1CN(Cc2ccc3cccc(F)c3n2)CC1c1nc2c(cnn2C(C)C)c(=O)[nH]1. The first-order valence-electron chi connectivity index (χ1n) is 10.6.